The Labute approximate surface area is 170 Å². The second kappa shape index (κ2) is 9.03. The zero-order valence-electron chi connectivity index (χ0n) is 15.9. The fourth-order valence-corrected chi connectivity index (χ4v) is 4.67. The Morgan fingerprint density at radius 1 is 1.15 bits per heavy atom. The molecule has 2 aromatic carbocycles. The molecule has 27 heavy (non-hydrogen) atoms. The summed E-state index contributed by atoms with van der Waals surface area (Å²) in [7, 11) is 0. The number of halogens is 1. The van der Waals surface area contributed by atoms with Gasteiger partial charge in [0.1, 0.15) is 0 Å². The predicted molar refractivity (Wildman–Crippen MR) is 113 cm³/mol. The predicted octanol–water partition coefficient (Wildman–Crippen LogP) is 5.23. The number of nitrogens with zero attached hydrogens (tertiary/aromatic N) is 1. The van der Waals surface area contributed by atoms with Gasteiger partial charge in [0.25, 0.3) is 0 Å². The first-order valence-corrected chi connectivity index (χ1v) is 10.6. The van der Waals surface area contributed by atoms with Crippen LogP contribution in [-0.4, -0.2) is 29.1 Å². The number of amides is 1. The summed E-state index contributed by atoms with van der Waals surface area (Å²) < 4.78 is 1.05. The lowest BCUT2D eigenvalue weighted by Crippen LogP contribution is -2.47. The van der Waals surface area contributed by atoms with Crippen molar-refractivity contribution in [3.8, 4) is 0 Å². The average molecular weight is 430 g/mol. The third kappa shape index (κ3) is 4.44. The minimum absolute atomic E-state index is 0.122. The fourth-order valence-electron chi connectivity index (χ4n) is 4.40. The summed E-state index contributed by atoms with van der Waals surface area (Å²) in [6, 6.07) is 18.8. The van der Waals surface area contributed by atoms with Gasteiger partial charge in [0.15, 0.2) is 0 Å². The molecule has 1 heterocycles. The van der Waals surface area contributed by atoms with Crippen LogP contribution in [0.1, 0.15) is 56.2 Å². The standard InChI is InChI=1S/C23H28BrNO2/c1-2-21(18-9-11-20(24)12-10-18)25-15-14-23(13-6-16-26,17-22(25)27)19-7-4-3-5-8-19/h3-5,7-12,21,26H,2,6,13-17H2,1H3/t21-,23-/m0/s1. The quantitative estimate of drug-likeness (QED) is 0.653. The van der Waals surface area contributed by atoms with E-state index in [2.05, 4.69) is 52.0 Å². The Kier molecular flexibility index (Phi) is 6.72. The lowest BCUT2D eigenvalue weighted by Gasteiger charge is -2.44. The first-order chi connectivity index (χ1) is 13.1. The van der Waals surface area contributed by atoms with Gasteiger partial charge in [0.05, 0.1) is 6.04 Å². The second-order valence-corrected chi connectivity index (χ2v) is 8.38. The minimum Gasteiger partial charge on any atom is -0.396 e. The molecule has 0 radical (unpaired) electrons. The maximum Gasteiger partial charge on any atom is 0.223 e. The van der Waals surface area contributed by atoms with E-state index >= 15 is 0 Å². The maximum absolute atomic E-state index is 13.2. The molecule has 4 heteroatoms. The SMILES string of the molecule is CC[C@@H](c1ccc(Br)cc1)N1CC[C@](CCCO)(c2ccccc2)CC1=O. The van der Waals surface area contributed by atoms with E-state index in [1.54, 1.807) is 0 Å². The van der Waals surface area contributed by atoms with E-state index in [1.807, 2.05) is 30.3 Å². The van der Waals surface area contributed by atoms with Crippen molar-refractivity contribution < 1.29 is 9.90 Å². The number of aliphatic hydroxyl groups is 1. The van der Waals surface area contributed by atoms with E-state index in [0.717, 1.165) is 36.7 Å². The zero-order valence-corrected chi connectivity index (χ0v) is 17.5. The van der Waals surface area contributed by atoms with E-state index in [4.69, 9.17) is 0 Å². The Bertz CT molecular complexity index is 747. The van der Waals surface area contributed by atoms with E-state index < -0.39 is 0 Å². The van der Waals surface area contributed by atoms with Crippen molar-refractivity contribution in [1.82, 2.24) is 4.90 Å². The first-order valence-electron chi connectivity index (χ1n) is 9.81. The summed E-state index contributed by atoms with van der Waals surface area (Å²) in [5.41, 5.74) is 2.26. The number of carbonyl (C=O) groups excluding carboxylic acids is 1. The van der Waals surface area contributed by atoms with Crippen LogP contribution in [0.5, 0.6) is 0 Å². The summed E-state index contributed by atoms with van der Waals surface area (Å²) >= 11 is 3.49. The van der Waals surface area contributed by atoms with Gasteiger partial charge in [-0.3, -0.25) is 4.79 Å². The van der Waals surface area contributed by atoms with Crippen LogP contribution in [0.2, 0.25) is 0 Å². The van der Waals surface area contributed by atoms with Gasteiger partial charge in [0.2, 0.25) is 5.91 Å². The van der Waals surface area contributed by atoms with Crippen LogP contribution in [-0.2, 0) is 10.2 Å². The van der Waals surface area contributed by atoms with Crippen molar-refractivity contribution in [2.45, 2.75) is 50.5 Å². The molecule has 1 amide bonds. The summed E-state index contributed by atoms with van der Waals surface area (Å²) in [5, 5.41) is 9.37. The van der Waals surface area contributed by atoms with Gasteiger partial charge in [-0.05, 0) is 48.9 Å². The van der Waals surface area contributed by atoms with E-state index in [9.17, 15) is 9.90 Å². The van der Waals surface area contributed by atoms with E-state index in [-0.39, 0.29) is 24.0 Å². The molecule has 1 fully saturated rings. The number of aliphatic hydroxyl groups excluding tert-OH is 1. The van der Waals surface area contributed by atoms with Crippen LogP contribution in [0.3, 0.4) is 0 Å². The third-order valence-electron chi connectivity index (χ3n) is 5.86. The van der Waals surface area contributed by atoms with Crippen LogP contribution in [0.25, 0.3) is 0 Å². The molecule has 0 spiro atoms. The molecule has 3 nitrogen and oxygen atoms in total. The molecule has 0 aromatic heterocycles. The highest BCUT2D eigenvalue weighted by Gasteiger charge is 2.41. The Balaban J connectivity index is 1.83. The average Bonchev–Trinajstić information content (AvgIpc) is 2.70. The number of rotatable bonds is 7. The molecule has 0 bridgehead atoms. The first kappa shape index (κ1) is 20.1. The van der Waals surface area contributed by atoms with Crippen LogP contribution in [0.15, 0.2) is 59.1 Å². The molecule has 2 aromatic rings. The summed E-state index contributed by atoms with van der Waals surface area (Å²) in [5.74, 6) is 0.220. The van der Waals surface area contributed by atoms with Gasteiger partial charge < -0.3 is 10.0 Å². The van der Waals surface area contributed by atoms with Crippen molar-refractivity contribution in [1.29, 1.82) is 0 Å². The number of hydrogen-bond acceptors (Lipinski definition) is 2. The molecule has 1 saturated heterocycles. The second-order valence-electron chi connectivity index (χ2n) is 7.46. The molecule has 0 aliphatic carbocycles. The molecular formula is C23H28BrNO2. The lowest BCUT2D eigenvalue weighted by atomic mass is 9.69. The molecule has 1 aliphatic heterocycles. The highest BCUT2D eigenvalue weighted by molar-refractivity contribution is 9.10. The highest BCUT2D eigenvalue weighted by atomic mass is 79.9. The van der Waals surface area contributed by atoms with Gasteiger partial charge in [-0.15, -0.1) is 0 Å². The smallest absolute Gasteiger partial charge is 0.223 e. The fraction of sp³-hybridized carbons (Fsp3) is 0.435. The Hall–Kier alpha value is -1.65. The van der Waals surface area contributed by atoms with E-state index in [1.165, 1.54) is 11.1 Å². The van der Waals surface area contributed by atoms with Gasteiger partial charge in [-0.2, -0.15) is 0 Å². The number of carbonyl (C=O) groups is 1. The van der Waals surface area contributed by atoms with Crippen LogP contribution < -0.4 is 0 Å². The van der Waals surface area contributed by atoms with Crippen molar-refractivity contribution >= 4 is 21.8 Å². The molecule has 0 saturated carbocycles. The van der Waals surface area contributed by atoms with Crippen LogP contribution in [0, 0.1) is 0 Å². The molecule has 1 aliphatic rings. The molecule has 3 rings (SSSR count). The van der Waals surface area contributed by atoms with Crippen molar-refractivity contribution in [3.63, 3.8) is 0 Å². The Morgan fingerprint density at radius 3 is 2.44 bits per heavy atom. The Morgan fingerprint density at radius 2 is 1.85 bits per heavy atom. The number of piperidine rings is 1. The molecule has 144 valence electrons. The van der Waals surface area contributed by atoms with Crippen molar-refractivity contribution in [2.24, 2.45) is 0 Å². The number of hydrogen-bond donors (Lipinski definition) is 1. The number of likely N-dealkylation sites (tertiary alicyclic amines) is 1. The third-order valence-corrected chi connectivity index (χ3v) is 6.39. The summed E-state index contributed by atoms with van der Waals surface area (Å²) in [4.78, 5) is 15.3. The molecule has 2 atom stereocenters. The molecule has 0 unspecified atom stereocenters. The molecular weight excluding hydrogens is 402 g/mol. The zero-order chi connectivity index (χ0) is 19.3. The normalized spacial score (nSPS) is 21.3. The van der Waals surface area contributed by atoms with Crippen molar-refractivity contribution in [3.05, 3.63) is 70.2 Å². The van der Waals surface area contributed by atoms with E-state index in [0.29, 0.717) is 6.42 Å². The van der Waals surface area contributed by atoms with Crippen molar-refractivity contribution in [2.75, 3.05) is 13.2 Å². The van der Waals surface area contributed by atoms with Gasteiger partial charge in [0, 0.05) is 29.5 Å². The van der Waals surface area contributed by atoms with Gasteiger partial charge in [-0.25, -0.2) is 0 Å². The van der Waals surface area contributed by atoms with Crippen LogP contribution in [0.4, 0.5) is 0 Å². The largest absolute Gasteiger partial charge is 0.396 e. The monoisotopic (exact) mass is 429 g/mol. The minimum atomic E-state index is -0.157. The van der Waals surface area contributed by atoms with Crippen LogP contribution >= 0.6 is 15.9 Å². The molecule has 1 N–H and O–H groups in total. The topological polar surface area (TPSA) is 40.5 Å². The summed E-state index contributed by atoms with van der Waals surface area (Å²) in [6.45, 7) is 3.07. The van der Waals surface area contributed by atoms with Gasteiger partial charge >= 0.3 is 0 Å². The number of benzene rings is 2. The lowest BCUT2D eigenvalue weighted by molar-refractivity contribution is -0.139. The summed E-state index contributed by atoms with van der Waals surface area (Å²) in [6.07, 6.45) is 3.94. The maximum atomic E-state index is 13.2. The highest BCUT2D eigenvalue weighted by Crippen LogP contribution is 2.42. The van der Waals surface area contributed by atoms with Gasteiger partial charge in [-0.1, -0.05) is 65.3 Å².